The van der Waals surface area contributed by atoms with E-state index in [4.69, 9.17) is 22.1 Å². The maximum atomic E-state index is 9.48. The number of halogens is 1. The largest absolute Gasteiger partial charge is 0.457 e. The lowest BCUT2D eigenvalue weighted by Crippen LogP contribution is -1.98. The molecule has 0 aliphatic carbocycles. The van der Waals surface area contributed by atoms with Gasteiger partial charge in [-0.05, 0) is 42.5 Å². The van der Waals surface area contributed by atoms with Gasteiger partial charge in [-0.2, -0.15) is 5.26 Å². The lowest BCUT2D eigenvalue weighted by molar-refractivity contribution is 0.482. The predicted molar refractivity (Wildman–Crippen MR) is 119 cm³/mol. The van der Waals surface area contributed by atoms with Gasteiger partial charge in [0, 0.05) is 28.2 Å². The molecule has 0 atom stereocenters. The van der Waals surface area contributed by atoms with E-state index in [1.54, 1.807) is 24.3 Å². The molecule has 1 heterocycles. The number of ether oxygens (including phenoxy) is 1. The van der Waals surface area contributed by atoms with Gasteiger partial charge in [-0.3, -0.25) is 4.98 Å². The molecule has 0 spiro atoms. The van der Waals surface area contributed by atoms with E-state index in [9.17, 15) is 5.26 Å². The van der Waals surface area contributed by atoms with Crippen LogP contribution in [0.1, 0.15) is 5.56 Å². The van der Waals surface area contributed by atoms with Gasteiger partial charge in [0.2, 0.25) is 0 Å². The topological polar surface area (TPSA) is 84.0 Å². The van der Waals surface area contributed by atoms with E-state index in [0.717, 1.165) is 11.1 Å². The van der Waals surface area contributed by atoms with Gasteiger partial charge in [-0.1, -0.05) is 23.7 Å². The van der Waals surface area contributed by atoms with Crippen LogP contribution < -0.4 is 15.8 Å². The number of nitrogen functional groups attached to an aromatic ring is 1. The molecule has 3 N–H and O–H groups in total. The number of para-hydroxylation sites is 1. The highest BCUT2D eigenvalue weighted by Gasteiger charge is 2.11. The summed E-state index contributed by atoms with van der Waals surface area (Å²) in [6.07, 6.45) is 1.52. The highest BCUT2D eigenvalue weighted by atomic mass is 35.5. The first kappa shape index (κ1) is 18.9. The summed E-state index contributed by atoms with van der Waals surface area (Å²) < 4.78 is 5.83. The highest BCUT2D eigenvalue weighted by molar-refractivity contribution is 7.80. The minimum atomic E-state index is 0.435. The lowest BCUT2D eigenvalue weighted by Gasteiger charge is -2.13. The second-order valence-electron chi connectivity index (χ2n) is 6.27. The van der Waals surface area contributed by atoms with Crippen LogP contribution in [0.2, 0.25) is 5.02 Å². The van der Waals surface area contributed by atoms with Gasteiger partial charge in [0.25, 0.3) is 0 Å². The van der Waals surface area contributed by atoms with Crippen molar-refractivity contribution >= 4 is 52.2 Å². The fraction of sp³-hybridized carbons (Fsp3) is 0. The number of thiol groups is 1. The van der Waals surface area contributed by atoms with Crippen LogP contribution in [-0.2, 0) is 0 Å². The molecule has 142 valence electrons. The van der Waals surface area contributed by atoms with Crippen molar-refractivity contribution in [3.8, 4) is 17.6 Å². The van der Waals surface area contributed by atoms with Crippen molar-refractivity contribution in [2.24, 2.45) is 0 Å². The molecule has 0 aliphatic heterocycles. The Balaban J connectivity index is 1.62. The first-order chi connectivity index (χ1) is 14.0. The number of nitrogens with zero attached hydrogens (tertiary/aromatic N) is 2. The van der Waals surface area contributed by atoms with Crippen LogP contribution in [0.5, 0.6) is 11.5 Å². The normalized spacial score (nSPS) is 10.5. The van der Waals surface area contributed by atoms with E-state index in [1.165, 1.54) is 6.20 Å². The third-order valence-electron chi connectivity index (χ3n) is 4.33. The number of nitrogens with one attached hydrogen (secondary N) is 1. The van der Waals surface area contributed by atoms with Crippen LogP contribution in [0.4, 0.5) is 17.1 Å². The second kappa shape index (κ2) is 7.92. The van der Waals surface area contributed by atoms with Gasteiger partial charge in [0.05, 0.1) is 27.5 Å². The molecular formula is C22H15ClN4OS. The minimum absolute atomic E-state index is 0.435. The monoisotopic (exact) mass is 418 g/mol. The summed E-state index contributed by atoms with van der Waals surface area (Å²) in [5.41, 5.74) is 9.13. The van der Waals surface area contributed by atoms with Crippen molar-refractivity contribution < 1.29 is 4.74 Å². The third kappa shape index (κ3) is 3.92. The van der Waals surface area contributed by atoms with Gasteiger partial charge < -0.3 is 15.8 Å². The molecule has 0 saturated carbocycles. The number of nitriles is 1. The number of pyridine rings is 1. The summed E-state index contributed by atoms with van der Waals surface area (Å²) in [5.74, 6) is 1.28. The number of hydrogen-bond acceptors (Lipinski definition) is 6. The van der Waals surface area contributed by atoms with Crippen molar-refractivity contribution in [1.82, 2.24) is 4.98 Å². The maximum Gasteiger partial charge on any atom is 0.128 e. The molecule has 7 heteroatoms. The van der Waals surface area contributed by atoms with Crippen LogP contribution in [0, 0.1) is 11.3 Å². The molecular weight excluding hydrogens is 404 g/mol. The molecule has 0 fully saturated rings. The summed E-state index contributed by atoms with van der Waals surface area (Å²) in [6.45, 7) is 0. The quantitative estimate of drug-likeness (QED) is 0.273. The average Bonchev–Trinajstić information content (AvgIpc) is 2.73. The summed E-state index contributed by atoms with van der Waals surface area (Å²) in [4.78, 5) is 5.00. The Hall–Kier alpha value is -3.40. The van der Waals surface area contributed by atoms with Crippen LogP contribution in [0.25, 0.3) is 10.9 Å². The van der Waals surface area contributed by atoms with Crippen molar-refractivity contribution in [3.05, 3.63) is 77.4 Å². The molecule has 4 aromatic rings. The summed E-state index contributed by atoms with van der Waals surface area (Å²) in [5, 5.41) is 14.1. The number of rotatable bonds is 4. The molecule has 0 aliphatic rings. The molecule has 3 aromatic carbocycles. The summed E-state index contributed by atoms with van der Waals surface area (Å²) >= 11 is 10.3. The molecule has 0 bridgehead atoms. The van der Waals surface area contributed by atoms with Gasteiger partial charge in [0.15, 0.2) is 0 Å². The first-order valence-electron chi connectivity index (χ1n) is 8.66. The highest BCUT2D eigenvalue weighted by Crippen LogP contribution is 2.33. The number of nitrogens with two attached hydrogens (primary N) is 1. The molecule has 1 aromatic heterocycles. The van der Waals surface area contributed by atoms with Gasteiger partial charge >= 0.3 is 0 Å². The zero-order valence-corrected chi connectivity index (χ0v) is 16.7. The number of hydrogen-bond donors (Lipinski definition) is 3. The lowest BCUT2D eigenvalue weighted by atomic mass is 10.1. The number of benzene rings is 3. The van der Waals surface area contributed by atoms with Crippen molar-refractivity contribution in [2.45, 2.75) is 4.90 Å². The Kier molecular flexibility index (Phi) is 5.17. The second-order valence-corrected chi connectivity index (χ2v) is 7.16. The van der Waals surface area contributed by atoms with E-state index in [2.05, 4.69) is 29.0 Å². The zero-order chi connectivity index (χ0) is 20.4. The molecule has 0 saturated heterocycles. The molecule has 5 nitrogen and oxygen atoms in total. The van der Waals surface area contributed by atoms with Gasteiger partial charge in [-0.25, -0.2) is 0 Å². The zero-order valence-electron chi connectivity index (χ0n) is 15.1. The van der Waals surface area contributed by atoms with Gasteiger partial charge in [0.1, 0.15) is 17.6 Å². The Bertz CT molecular complexity index is 1250. The van der Waals surface area contributed by atoms with Crippen molar-refractivity contribution in [2.75, 3.05) is 11.1 Å². The molecule has 4 rings (SSSR count). The maximum absolute atomic E-state index is 9.48. The number of fused-ring (bicyclic) bond motifs is 1. The van der Waals surface area contributed by atoms with E-state index < -0.39 is 0 Å². The van der Waals surface area contributed by atoms with Crippen LogP contribution in [-0.4, -0.2) is 4.98 Å². The Morgan fingerprint density at radius 2 is 1.83 bits per heavy atom. The minimum Gasteiger partial charge on any atom is -0.457 e. The van der Waals surface area contributed by atoms with Crippen LogP contribution in [0.15, 0.2) is 71.8 Å². The van der Waals surface area contributed by atoms with Crippen LogP contribution in [0.3, 0.4) is 0 Å². The Morgan fingerprint density at radius 3 is 2.55 bits per heavy atom. The Labute approximate surface area is 178 Å². The van der Waals surface area contributed by atoms with E-state index in [0.29, 0.717) is 43.9 Å². The summed E-state index contributed by atoms with van der Waals surface area (Å²) in [7, 11) is 0. The number of aromatic nitrogens is 1. The van der Waals surface area contributed by atoms with Gasteiger partial charge in [-0.15, -0.1) is 12.6 Å². The smallest absolute Gasteiger partial charge is 0.128 e. The van der Waals surface area contributed by atoms with E-state index >= 15 is 0 Å². The Morgan fingerprint density at radius 1 is 1.07 bits per heavy atom. The van der Waals surface area contributed by atoms with E-state index in [1.807, 2.05) is 36.4 Å². The SMILES string of the molecule is N#Cc1cnc2c(N)cccc2c1Nc1ccc(Oc2ccc(S)c(Cl)c2)cc1. The predicted octanol–water partition coefficient (Wildman–Crippen LogP) is 6.17. The standard InChI is InChI=1S/C22H15ClN4OS/c23-18-10-16(8-9-20(18)29)28-15-6-4-14(5-7-15)27-21-13(11-24)12-26-22-17(21)2-1-3-19(22)25/h1-10,12,29H,25H2,(H,26,27). The molecule has 0 radical (unpaired) electrons. The fourth-order valence-corrected chi connectivity index (χ4v) is 3.21. The third-order valence-corrected chi connectivity index (χ3v) is 5.16. The summed E-state index contributed by atoms with van der Waals surface area (Å²) in [6, 6.07) is 20.3. The molecule has 29 heavy (non-hydrogen) atoms. The van der Waals surface area contributed by atoms with Crippen LogP contribution >= 0.6 is 24.2 Å². The first-order valence-corrected chi connectivity index (χ1v) is 9.48. The molecule has 0 amide bonds. The molecule has 0 unspecified atom stereocenters. The van der Waals surface area contributed by atoms with Crippen molar-refractivity contribution in [3.63, 3.8) is 0 Å². The van der Waals surface area contributed by atoms with E-state index in [-0.39, 0.29) is 0 Å². The van der Waals surface area contributed by atoms with Crippen molar-refractivity contribution in [1.29, 1.82) is 5.26 Å². The fourth-order valence-electron chi connectivity index (χ4n) is 2.90. The number of anilines is 3. The average molecular weight is 419 g/mol.